The van der Waals surface area contributed by atoms with Crippen LogP contribution in [0.2, 0.25) is 0 Å². The lowest BCUT2D eigenvalue weighted by molar-refractivity contribution is -0.123. The summed E-state index contributed by atoms with van der Waals surface area (Å²) in [5.41, 5.74) is 0. The molecule has 0 saturated heterocycles. The second kappa shape index (κ2) is 7.66. The van der Waals surface area contributed by atoms with Crippen LogP contribution in [0.1, 0.15) is 19.8 Å². The number of carbonyl (C=O) groups excluding carboxylic acids is 1. The lowest BCUT2D eigenvalue weighted by Crippen LogP contribution is -2.38. The van der Waals surface area contributed by atoms with Gasteiger partial charge in [0.2, 0.25) is 0 Å². The maximum atomic E-state index is 13.2. The molecule has 0 radical (unpaired) electrons. The van der Waals surface area contributed by atoms with Crippen molar-refractivity contribution in [3.05, 3.63) is 30.1 Å². The number of nitrogens with one attached hydrogen (secondary N) is 1. The van der Waals surface area contributed by atoms with Crippen molar-refractivity contribution in [1.29, 1.82) is 0 Å². The molecule has 0 aliphatic rings. The summed E-state index contributed by atoms with van der Waals surface area (Å²) < 4.78 is 18.3. The standard InChI is InChI=1S/C13H18FNO3/c1-2-10(7-8-16)15-13(17)9-18-12-6-4-3-5-11(12)14/h3-6,10,16H,2,7-9H2,1H3,(H,15,17). The van der Waals surface area contributed by atoms with Crippen LogP contribution in [0.25, 0.3) is 0 Å². The van der Waals surface area contributed by atoms with Crippen molar-refractivity contribution in [3.63, 3.8) is 0 Å². The van der Waals surface area contributed by atoms with Gasteiger partial charge in [0.15, 0.2) is 18.2 Å². The first-order valence-electron chi connectivity index (χ1n) is 5.95. The molecule has 0 fully saturated rings. The number of aliphatic hydroxyl groups is 1. The van der Waals surface area contributed by atoms with Gasteiger partial charge >= 0.3 is 0 Å². The van der Waals surface area contributed by atoms with Crippen molar-refractivity contribution in [2.45, 2.75) is 25.8 Å². The molecule has 1 aromatic carbocycles. The molecule has 1 aromatic rings. The van der Waals surface area contributed by atoms with Gasteiger partial charge in [-0.2, -0.15) is 0 Å². The second-order valence-corrected chi connectivity index (χ2v) is 3.90. The number of hydrogen-bond acceptors (Lipinski definition) is 3. The van der Waals surface area contributed by atoms with Crippen LogP contribution in [0.4, 0.5) is 4.39 Å². The largest absolute Gasteiger partial charge is 0.481 e. The van der Waals surface area contributed by atoms with Gasteiger partial charge in [0.1, 0.15) is 0 Å². The number of amides is 1. The Bertz CT molecular complexity index is 384. The molecule has 0 spiro atoms. The molecular weight excluding hydrogens is 237 g/mol. The zero-order valence-electron chi connectivity index (χ0n) is 10.4. The predicted octanol–water partition coefficient (Wildman–Crippen LogP) is 1.48. The van der Waals surface area contributed by atoms with E-state index in [1.54, 1.807) is 12.1 Å². The summed E-state index contributed by atoms with van der Waals surface area (Å²) in [4.78, 5) is 11.5. The summed E-state index contributed by atoms with van der Waals surface area (Å²) in [6.45, 7) is 1.70. The van der Waals surface area contributed by atoms with Gasteiger partial charge in [-0.3, -0.25) is 4.79 Å². The Morgan fingerprint density at radius 2 is 2.22 bits per heavy atom. The number of benzene rings is 1. The van der Waals surface area contributed by atoms with Crippen molar-refractivity contribution < 1.29 is 19.0 Å². The summed E-state index contributed by atoms with van der Waals surface area (Å²) in [7, 11) is 0. The van der Waals surface area contributed by atoms with Crippen LogP contribution < -0.4 is 10.1 Å². The Morgan fingerprint density at radius 1 is 1.50 bits per heavy atom. The molecule has 1 atom stereocenters. The minimum Gasteiger partial charge on any atom is -0.481 e. The Morgan fingerprint density at radius 3 is 2.83 bits per heavy atom. The van der Waals surface area contributed by atoms with E-state index in [0.717, 1.165) is 6.42 Å². The normalized spacial score (nSPS) is 11.9. The first kappa shape index (κ1) is 14.4. The maximum Gasteiger partial charge on any atom is 0.258 e. The van der Waals surface area contributed by atoms with Crippen LogP contribution >= 0.6 is 0 Å². The predicted molar refractivity (Wildman–Crippen MR) is 65.8 cm³/mol. The van der Waals surface area contributed by atoms with Crippen molar-refractivity contribution in [3.8, 4) is 5.75 Å². The van der Waals surface area contributed by atoms with Crippen LogP contribution in [0, 0.1) is 5.82 Å². The van der Waals surface area contributed by atoms with Gasteiger partial charge < -0.3 is 15.2 Å². The summed E-state index contributed by atoms with van der Waals surface area (Å²) in [6.07, 6.45) is 1.23. The van der Waals surface area contributed by atoms with Gasteiger partial charge in [-0.15, -0.1) is 0 Å². The topological polar surface area (TPSA) is 58.6 Å². The third-order valence-electron chi connectivity index (χ3n) is 2.53. The quantitative estimate of drug-likeness (QED) is 0.776. The highest BCUT2D eigenvalue weighted by Gasteiger charge is 2.11. The zero-order valence-corrected chi connectivity index (χ0v) is 10.4. The minimum absolute atomic E-state index is 0.0208. The molecule has 0 aliphatic heterocycles. The first-order chi connectivity index (χ1) is 8.67. The van der Waals surface area contributed by atoms with Crippen molar-refractivity contribution >= 4 is 5.91 Å². The van der Waals surface area contributed by atoms with Crippen LogP contribution in [0.5, 0.6) is 5.75 Å². The van der Waals surface area contributed by atoms with Crippen molar-refractivity contribution in [2.75, 3.05) is 13.2 Å². The van der Waals surface area contributed by atoms with Gasteiger partial charge in [0, 0.05) is 12.6 Å². The van der Waals surface area contributed by atoms with Gasteiger partial charge in [-0.1, -0.05) is 19.1 Å². The number of rotatable bonds is 7. The van der Waals surface area contributed by atoms with Gasteiger partial charge in [-0.05, 0) is 25.0 Å². The molecule has 0 bridgehead atoms. The molecular formula is C13H18FNO3. The molecule has 5 heteroatoms. The fourth-order valence-electron chi connectivity index (χ4n) is 1.51. The Balaban J connectivity index is 2.39. The molecule has 0 aromatic heterocycles. The minimum atomic E-state index is -0.493. The highest BCUT2D eigenvalue weighted by atomic mass is 19.1. The van der Waals surface area contributed by atoms with E-state index >= 15 is 0 Å². The third kappa shape index (κ3) is 4.71. The number of para-hydroxylation sites is 1. The van der Waals surface area contributed by atoms with Gasteiger partial charge in [0.05, 0.1) is 0 Å². The summed E-state index contributed by atoms with van der Waals surface area (Å²) in [5.74, 6) is -0.755. The number of aliphatic hydroxyl groups excluding tert-OH is 1. The van der Waals surface area contributed by atoms with E-state index in [1.165, 1.54) is 12.1 Å². The van der Waals surface area contributed by atoms with E-state index in [9.17, 15) is 9.18 Å². The van der Waals surface area contributed by atoms with Crippen LogP contribution in [0.15, 0.2) is 24.3 Å². The Labute approximate surface area is 106 Å². The average Bonchev–Trinajstić information content (AvgIpc) is 2.37. The Kier molecular flexibility index (Phi) is 6.14. The fraction of sp³-hybridized carbons (Fsp3) is 0.462. The van der Waals surface area contributed by atoms with Crippen molar-refractivity contribution in [1.82, 2.24) is 5.32 Å². The molecule has 100 valence electrons. The fourth-order valence-corrected chi connectivity index (χ4v) is 1.51. The number of ether oxygens (including phenoxy) is 1. The molecule has 1 amide bonds. The molecule has 0 heterocycles. The maximum absolute atomic E-state index is 13.2. The van der Waals surface area contributed by atoms with E-state index < -0.39 is 5.82 Å². The van der Waals surface area contributed by atoms with E-state index in [0.29, 0.717) is 6.42 Å². The van der Waals surface area contributed by atoms with Crippen LogP contribution in [-0.4, -0.2) is 30.3 Å². The molecule has 0 saturated carbocycles. The second-order valence-electron chi connectivity index (χ2n) is 3.90. The first-order valence-corrected chi connectivity index (χ1v) is 5.95. The number of hydrogen-bond donors (Lipinski definition) is 2. The van der Waals surface area contributed by atoms with E-state index in [4.69, 9.17) is 9.84 Å². The smallest absolute Gasteiger partial charge is 0.258 e. The number of carbonyl (C=O) groups is 1. The average molecular weight is 255 g/mol. The molecule has 0 aliphatic carbocycles. The number of halogens is 1. The van der Waals surface area contributed by atoms with Gasteiger partial charge in [0.25, 0.3) is 5.91 Å². The zero-order chi connectivity index (χ0) is 13.4. The summed E-state index contributed by atoms with van der Waals surface area (Å²) in [5, 5.41) is 11.5. The SMILES string of the molecule is CCC(CCO)NC(=O)COc1ccccc1F. The molecule has 4 nitrogen and oxygen atoms in total. The lowest BCUT2D eigenvalue weighted by Gasteiger charge is -2.15. The highest BCUT2D eigenvalue weighted by molar-refractivity contribution is 5.77. The monoisotopic (exact) mass is 255 g/mol. The van der Waals surface area contributed by atoms with E-state index in [2.05, 4.69) is 5.32 Å². The van der Waals surface area contributed by atoms with Gasteiger partial charge in [-0.25, -0.2) is 4.39 Å². The highest BCUT2D eigenvalue weighted by Crippen LogP contribution is 2.14. The lowest BCUT2D eigenvalue weighted by atomic mass is 10.1. The summed E-state index contributed by atoms with van der Waals surface area (Å²) >= 11 is 0. The van der Waals surface area contributed by atoms with Crippen LogP contribution in [0.3, 0.4) is 0 Å². The Hall–Kier alpha value is -1.62. The molecule has 2 N–H and O–H groups in total. The molecule has 18 heavy (non-hydrogen) atoms. The van der Waals surface area contributed by atoms with E-state index in [1.807, 2.05) is 6.92 Å². The van der Waals surface area contributed by atoms with Crippen LogP contribution in [-0.2, 0) is 4.79 Å². The van der Waals surface area contributed by atoms with E-state index in [-0.39, 0.29) is 30.9 Å². The summed E-state index contributed by atoms with van der Waals surface area (Å²) in [6, 6.07) is 5.85. The molecule has 1 rings (SSSR count). The van der Waals surface area contributed by atoms with Crippen molar-refractivity contribution in [2.24, 2.45) is 0 Å². The molecule has 1 unspecified atom stereocenters. The third-order valence-corrected chi connectivity index (χ3v) is 2.53.